The van der Waals surface area contributed by atoms with Gasteiger partial charge in [-0.3, -0.25) is 0 Å². The van der Waals surface area contributed by atoms with Crippen LogP contribution in [0.4, 0.5) is 17.1 Å². The van der Waals surface area contributed by atoms with Gasteiger partial charge in [0.05, 0.1) is 0 Å². The predicted octanol–water partition coefficient (Wildman–Crippen LogP) is 5.03. The highest BCUT2D eigenvalue weighted by atomic mass is 14.9. The van der Waals surface area contributed by atoms with E-state index >= 15 is 0 Å². The van der Waals surface area contributed by atoms with Gasteiger partial charge in [-0.1, -0.05) is 38.0 Å². The monoisotopic (exact) mass is 254 g/mol. The third kappa shape index (κ3) is 4.66. The van der Waals surface area contributed by atoms with Crippen molar-refractivity contribution in [2.45, 2.75) is 26.2 Å². The van der Waals surface area contributed by atoms with Crippen molar-refractivity contribution in [2.24, 2.45) is 0 Å². The first-order valence-electron chi connectivity index (χ1n) is 7.04. The Morgan fingerprint density at radius 1 is 0.737 bits per heavy atom. The molecule has 0 aliphatic rings. The van der Waals surface area contributed by atoms with Crippen LogP contribution in [0.5, 0.6) is 0 Å². The summed E-state index contributed by atoms with van der Waals surface area (Å²) in [6, 6.07) is 18.7. The molecule has 0 aliphatic carbocycles. The third-order valence-electron chi connectivity index (χ3n) is 3.06. The molecule has 0 aliphatic heterocycles. The van der Waals surface area contributed by atoms with Crippen molar-refractivity contribution in [3.05, 3.63) is 54.6 Å². The topological polar surface area (TPSA) is 24.1 Å². The van der Waals surface area contributed by atoms with Crippen LogP contribution in [0.1, 0.15) is 26.2 Å². The van der Waals surface area contributed by atoms with E-state index in [1.165, 1.54) is 24.9 Å². The van der Waals surface area contributed by atoms with Crippen molar-refractivity contribution in [3.8, 4) is 0 Å². The van der Waals surface area contributed by atoms with Crippen LogP contribution >= 0.6 is 0 Å². The van der Waals surface area contributed by atoms with Gasteiger partial charge in [-0.25, -0.2) is 0 Å². The standard InChI is InChI=1S/C17H22N2/c1-2-3-7-14-18-15-10-12-17(13-11-15)19-16-8-5-4-6-9-16/h4-6,8-13,18-19H,2-3,7,14H2,1H3. The smallest absolute Gasteiger partial charge is 0.0385 e. The van der Waals surface area contributed by atoms with E-state index in [0.29, 0.717) is 0 Å². The Balaban J connectivity index is 1.84. The van der Waals surface area contributed by atoms with Crippen molar-refractivity contribution >= 4 is 17.1 Å². The number of anilines is 3. The Morgan fingerprint density at radius 3 is 2.05 bits per heavy atom. The van der Waals surface area contributed by atoms with E-state index in [9.17, 15) is 0 Å². The van der Waals surface area contributed by atoms with Crippen LogP contribution in [0, 0.1) is 0 Å². The van der Waals surface area contributed by atoms with Crippen molar-refractivity contribution in [3.63, 3.8) is 0 Å². The molecule has 2 aromatic rings. The van der Waals surface area contributed by atoms with E-state index in [1.54, 1.807) is 0 Å². The zero-order valence-electron chi connectivity index (χ0n) is 11.5. The van der Waals surface area contributed by atoms with Gasteiger partial charge in [0.2, 0.25) is 0 Å². The maximum atomic E-state index is 3.44. The predicted molar refractivity (Wildman–Crippen MR) is 84.2 cm³/mol. The summed E-state index contributed by atoms with van der Waals surface area (Å²) < 4.78 is 0. The lowest BCUT2D eigenvalue weighted by Crippen LogP contribution is -2.01. The molecule has 0 heterocycles. The van der Waals surface area contributed by atoms with E-state index in [-0.39, 0.29) is 0 Å². The van der Waals surface area contributed by atoms with E-state index in [2.05, 4.69) is 54.0 Å². The highest BCUT2D eigenvalue weighted by molar-refractivity contribution is 5.62. The lowest BCUT2D eigenvalue weighted by atomic mass is 10.2. The minimum Gasteiger partial charge on any atom is -0.385 e. The van der Waals surface area contributed by atoms with Crippen molar-refractivity contribution in [1.82, 2.24) is 0 Å². The molecule has 0 saturated carbocycles. The average molecular weight is 254 g/mol. The molecule has 2 rings (SSSR count). The number of unbranched alkanes of at least 4 members (excludes halogenated alkanes) is 2. The lowest BCUT2D eigenvalue weighted by Gasteiger charge is -2.09. The fourth-order valence-corrected chi connectivity index (χ4v) is 1.97. The van der Waals surface area contributed by atoms with Crippen LogP contribution in [0.25, 0.3) is 0 Å². The zero-order valence-corrected chi connectivity index (χ0v) is 11.5. The first kappa shape index (κ1) is 13.5. The van der Waals surface area contributed by atoms with E-state index in [0.717, 1.165) is 17.9 Å². The Hall–Kier alpha value is -1.96. The Morgan fingerprint density at radius 2 is 1.37 bits per heavy atom. The largest absolute Gasteiger partial charge is 0.385 e. The van der Waals surface area contributed by atoms with E-state index < -0.39 is 0 Å². The van der Waals surface area contributed by atoms with Gasteiger partial charge in [-0.2, -0.15) is 0 Å². The number of hydrogen-bond donors (Lipinski definition) is 2. The maximum Gasteiger partial charge on any atom is 0.0385 e. The van der Waals surface area contributed by atoms with E-state index in [4.69, 9.17) is 0 Å². The summed E-state index contributed by atoms with van der Waals surface area (Å²) in [6.45, 7) is 3.28. The second kappa shape index (κ2) is 7.47. The molecular weight excluding hydrogens is 232 g/mol. The molecule has 2 aromatic carbocycles. The Labute approximate surface area is 115 Å². The molecule has 0 unspecified atom stereocenters. The summed E-state index contributed by atoms with van der Waals surface area (Å²) in [5.41, 5.74) is 3.42. The fraction of sp³-hybridized carbons (Fsp3) is 0.294. The van der Waals surface area contributed by atoms with Gasteiger partial charge in [0, 0.05) is 23.6 Å². The lowest BCUT2D eigenvalue weighted by molar-refractivity contribution is 0.744. The van der Waals surface area contributed by atoms with Crippen LogP contribution in [-0.4, -0.2) is 6.54 Å². The molecular formula is C17H22N2. The second-order valence-electron chi connectivity index (χ2n) is 4.70. The van der Waals surface area contributed by atoms with Gasteiger partial charge >= 0.3 is 0 Å². The average Bonchev–Trinajstić information content (AvgIpc) is 2.46. The quantitative estimate of drug-likeness (QED) is 0.677. The summed E-state index contributed by atoms with van der Waals surface area (Å²) >= 11 is 0. The third-order valence-corrected chi connectivity index (χ3v) is 3.06. The van der Waals surface area contributed by atoms with Crippen LogP contribution in [-0.2, 0) is 0 Å². The van der Waals surface area contributed by atoms with Crippen molar-refractivity contribution in [2.75, 3.05) is 17.2 Å². The first-order valence-corrected chi connectivity index (χ1v) is 7.04. The Bertz CT molecular complexity index is 462. The number of benzene rings is 2. The second-order valence-corrected chi connectivity index (χ2v) is 4.70. The fourth-order valence-electron chi connectivity index (χ4n) is 1.97. The highest BCUT2D eigenvalue weighted by Crippen LogP contribution is 2.18. The molecule has 0 radical (unpaired) electrons. The van der Waals surface area contributed by atoms with E-state index in [1.807, 2.05) is 18.2 Å². The van der Waals surface area contributed by atoms with Crippen LogP contribution in [0.3, 0.4) is 0 Å². The first-order chi connectivity index (χ1) is 9.38. The Kier molecular flexibility index (Phi) is 5.30. The SMILES string of the molecule is CCCCCNc1ccc(Nc2ccccc2)cc1. The zero-order chi connectivity index (χ0) is 13.3. The molecule has 2 nitrogen and oxygen atoms in total. The molecule has 2 heteroatoms. The summed E-state index contributed by atoms with van der Waals surface area (Å²) in [4.78, 5) is 0. The van der Waals surface area contributed by atoms with Crippen molar-refractivity contribution < 1.29 is 0 Å². The molecule has 0 amide bonds. The molecule has 0 bridgehead atoms. The van der Waals surface area contributed by atoms with Gasteiger partial charge < -0.3 is 10.6 Å². The van der Waals surface area contributed by atoms with Gasteiger partial charge in [-0.05, 0) is 42.8 Å². The van der Waals surface area contributed by atoms with Gasteiger partial charge in [0.15, 0.2) is 0 Å². The molecule has 0 saturated heterocycles. The number of para-hydroxylation sites is 1. The molecule has 0 spiro atoms. The molecule has 0 fully saturated rings. The number of rotatable bonds is 7. The van der Waals surface area contributed by atoms with Crippen LogP contribution in [0.2, 0.25) is 0 Å². The number of hydrogen-bond acceptors (Lipinski definition) is 2. The number of nitrogens with one attached hydrogen (secondary N) is 2. The summed E-state index contributed by atoms with van der Waals surface area (Å²) in [5, 5.41) is 6.82. The van der Waals surface area contributed by atoms with Crippen LogP contribution < -0.4 is 10.6 Å². The molecule has 2 N–H and O–H groups in total. The molecule has 19 heavy (non-hydrogen) atoms. The van der Waals surface area contributed by atoms with Gasteiger partial charge in [0.1, 0.15) is 0 Å². The summed E-state index contributed by atoms with van der Waals surface area (Å²) in [7, 11) is 0. The molecule has 100 valence electrons. The minimum atomic E-state index is 1.05. The van der Waals surface area contributed by atoms with Gasteiger partial charge in [0.25, 0.3) is 0 Å². The summed E-state index contributed by atoms with van der Waals surface area (Å²) in [5.74, 6) is 0. The van der Waals surface area contributed by atoms with Crippen molar-refractivity contribution in [1.29, 1.82) is 0 Å². The normalized spacial score (nSPS) is 10.2. The van der Waals surface area contributed by atoms with Crippen LogP contribution in [0.15, 0.2) is 54.6 Å². The highest BCUT2D eigenvalue weighted by Gasteiger charge is 1.95. The summed E-state index contributed by atoms with van der Waals surface area (Å²) in [6.07, 6.45) is 3.79. The van der Waals surface area contributed by atoms with Gasteiger partial charge in [-0.15, -0.1) is 0 Å². The minimum absolute atomic E-state index is 1.05. The molecule has 0 aromatic heterocycles. The maximum absolute atomic E-state index is 3.44. The molecule has 0 atom stereocenters.